The number of benzene rings is 2. The number of thiazole rings is 1. The molecule has 1 aromatic heterocycles. The first kappa shape index (κ1) is 18.2. The fourth-order valence-corrected chi connectivity index (χ4v) is 3.80. The summed E-state index contributed by atoms with van der Waals surface area (Å²) in [5.41, 5.74) is 0.628. The largest absolute Gasteiger partial charge is 0.492 e. The molecule has 3 rings (SSSR count). The van der Waals surface area contributed by atoms with Gasteiger partial charge in [-0.2, -0.15) is 0 Å². The van der Waals surface area contributed by atoms with Gasteiger partial charge in [0.05, 0.1) is 24.6 Å². The number of aromatic nitrogens is 1. The second-order valence-electron chi connectivity index (χ2n) is 5.01. The van der Waals surface area contributed by atoms with Gasteiger partial charge in [-0.15, -0.1) is 11.3 Å². The molecule has 134 valence electrons. The summed E-state index contributed by atoms with van der Waals surface area (Å²) in [5.74, 6) is -2.81. The molecule has 1 heterocycles. The molecular weight excluding hydrogens is 382 g/mol. The Kier molecular flexibility index (Phi) is 5.38. The van der Waals surface area contributed by atoms with E-state index in [9.17, 15) is 13.6 Å². The highest BCUT2D eigenvalue weighted by Gasteiger charge is 2.19. The van der Waals surface area contributed by atoms with Gasteiger partial charge in [0.25, 0.3) is 0 Å². The molecule has 0 bridgehead atoms. The zero-order chi connectivity index (χ0) is 18.7. The van der Waals surface area contributed by atoms with Gasteiger partial charge in [0.2, 0.25) is 0 Å². The van der Waals surface area contributed by atoms with E-state index in [1.165, 1.54) is 54.7 Å². The topological polar surface area (TPSA) is 71.5 Å². The summed E-state index contributed by atoms with van der Waals surface area (Å²) in [6.45, 7) is 0. The maximum absolute atomic E-state index is 14.2. The molecule has 0 spiro atoms. The fourth-order valence-electron chi connectivity index (χ4n) is 2.14. The molecule has 0 atom stereocenters. The van der Waals surface area contributed by atoms with E-state index in [0.29, 0.717) is 10.7 Å². The van der Waals surface area contributed by atoms with E-state index in [-0.39, 0.29) is 11.6 Å². The van der Waals surface area contributed by atoms with Crippen LogP contribution in [-0.4, -0.2) is 23.2 Å². The quantitative estimate of drug-likeness (QED) is 0.579. The van der Waals surface area contributed by atoms with Gasteiger partial charge >= 0.3 is 5.97 Å². The van der Waals surface area contributed by atoms with E-state index in [1.54, 1.807) is 18.3 Å². The summed E-state index contributed by atoms with van der Waals surface area (Å²) in [6.07, 6.45) is 1.63. The number of carboxylic acid groups (broad SMARTS) is 1. The Morgan fingerprint density at radius 1 is 1.23 bits per heavy atom. The van der Waals surface area contributed by atoms with Crippen molar-refractivity contribution in [2.24, 2.45) is 0 Å². The number of halogens is 2. The van der Waals surface area contributed by atoms with Crippen molar-refractivity contribution >= 4 is 34.9 Å². The number of methoxy groups -OCH3 is 1. The molecule has 2 N–H and O–H groups in total. The van der Waals surface area contributed by atoms with Gasteiger partial charge in [-0.25, -0.2) is 18.6 Å². The Bertz CT molecular complexity index is 946. The summed E-state index contributed by atoms with van der Waals surface area (Å²) < 4.78 is 35.9. The van der Waals surface area contributed by atoms with E-state index < -0.39 is 17.3 Å². The monoisotopic (exact) mass is 394 g/mol. The molecule has 0 aliphatic rings. The first-order chi connectivity index (χ1) is 12.5. The summed E-state index contributed by atoms with van der Waals surface area (Å²) in [4.78, 5) is 15.3. The van der Waals surface area contributed by atoms with Gasteiger partial charge in [0.15, 0.2) is 11.6 Å². The van der Waals surface area contributed by atoms with Gasteiger partial charge < -0.3 is 14.6 Å². The van der Waals surface area contributed by atoms with Crippen LogP contribution in [0.25, 0.3) is 10.6 Å². The highest BCUT2D eigenvalue weighted by Crippen LogP contribution is 2.36. The van der Waals surface area contributed by atoms with Crippen LogP contribution in [0.4, 0.5) is 14.5 Å². The van der Waals surface area contributed by atoms with E-state index in [1.807, 2.05) is 0 Å². The molecule has 0 radical (unpaired) electrons. The van der Waals surface area contributed by atoms with Gasteiger partial charge in [-0.05, 0) is 48.3 Å². The molecule has 0 aliphatic heterocycles. The zero-order valence-electron chi connectivity index (χ0n) is 13.3. The summed E-state index contributed by atoms with van der Waals surface area (Å²) in [7, 11) is 1.26. The van der Waals surface area contributed by atoms with Crippen LogP contribution in [0, 0.1) is 11.6 Å². The molecular formula is C17H12F2N2O3S2. The second kappa shape index (κ2) is 7.71. The van der Waals surface area contributed by atoms with Crippen LogP contribution in [0.5, 0.6) is 5.75 Å². The number of nitrogens with zero attached hydrogens (tertiary/aromatic N) is 1. The van der Waals surface area contributed by atoms with Gasteiger partial charge in [-0.3, -0.25) is 0 Å². The lowest BCUT2D eigenvalue weighted by Crippen LogP contribution is -2.04. The predicted octanol–water partition coefficient (Wildman–Crippen LogP) is 4.91. The minimum atomic E-state index is -1.37. The highest BCUT2D eigenvalue weighted by molar-refractivity contribution is 8.02. The lowest BCUT2D eigenvalue weighted by molar-refractivity contribution is 0.0691. The third kappa shape index (κ3) is 3.78. The maximum Gasteiger partial charge on any atom is 0.338 e. The van der Waals surface area contributed by atoms with Crippen LogP contribution in [0.1, 0.15) is 10.4 Å². The molecule has 0 saturated heterocycles. The standard InChI is InChI=1S/C17H12F2N2O3S2/c1-24-15-12(7-6-11(14(15)19)17(22)23)21-26-13-8-20-16(25-13)9-2-4-10(18)5-3-9/h2-8,21H,1H3,(H,22,23). The first-order valence-electron chi connectivity index (χ1n) is 7.24. The van der Waals surface area contributed by atoms with Gasteiger partial charge in [0.1, 0.15) is 15.0 Å². The number of hydrogen-bond donors (Lipinski definition) is 2. The molecule has 3 aromatic rings. The number of ether oxygens (including phenoxy) is 1. The third-order valence-electron chi connectivity index (χ3n) is 3.37. The summed E-state index contributed by atoms with van der Waals surface area (Å²) in [6, 6.07) is 8.59. The minimum Gasteiger partial charge on any atom is -0.492 e. The van der Waals surface area contributed by atoms with Crippen LogP contribution in [0.2, 0.25) is 0 Å². The van der Waals surface area contributed by atoms with Crippen molar-refractivity contribution in [3.8, 4) is 16.3 Å². The normalized spacial score (nSPS) is 10.6. The number of rotatable bonds is 6. The van der Waals surface area contributed by atoms with Crippen molar-refractivity contribution in [3.63, 3.8) is 0 Å². The SMILES string of the molecule is COc1c(NSc2cnc(-c3ccc(F)cc3)s2)ccc(C(=O)O)c1F. The maximum atomic E-state index is 14.2. The summed E-state index contributed by atoms with van der Waals surface area (Å²) >= 11 is 2.56. The predicted molar refractivity (Wildman–Crippen MR) is 96.9 cm³/mol. The smallest absolute Gasteiger partial charge is 0.338 e. The van der Waals surface area contributed by atoms with Crippen LogP contribution in [0.15, 0.2) is 46.8 Å². The van der Waals surface area contributed by atoms with Crippen molar-refractivity contribution in [3.05, 3.63) is 59.8 Å². The van der Waals surface area contributed by atoms with E-state index in [4.69, 9.17) is 9.84 Å². The Morgan fingerprint density at radius 2 is 1.96 bits per heavy atom. The Hall–Kier alpha value is -2.65. The lowest BCUT2D eigenvalue weighted by Gasteiger charge is -2.11. The molecule has 2 aromatic carbocycles. The molecule has 0 saturated carbocycles. The molecule has 0 amide bonds. The Labute approximate surface area is 155 Å². The molecule has 0 unspecified atom stereocenters. The lowest BCUT2D eigenvalue weighted by atomic mass is 10.2. The van der Waals surface area contributed by atoms with Crippen molar-refractivity contribution in [2.75, 3.05) is 11.8 Å². The van der Waals surface area contributed by atoms with Crippen molar-refractivity contribution in [1.82, 2.24) is 4.98 Å². The van der Waals surface area contributed by atoms with E-state index >= 15 is 0 Å². The zero-order valence-corrected chi connectivity index (χ0v) is 15.0. The fraction of sp³-hybridized carbons (Fsp3) is 0.0588. The third-order valence-corrected chi connectivity index (χ3v) is 5.34. The van der Waals surface area contributed by atoms with Crippen LogP contribution >= 0.6 is 23.3 Å². The Morgan fingerprint density at radius 3 is 2.62 bits per heavy atom. The highest BCUT2D eigenvalue weighted by atomic mass is 32.2. The summed E-state index contributed by atoms with van der Waals surface area (Å²) in [5, 5.41) is 9.68. The molecule has 26 heavy (non-hydrogen) atoms. The van der Waals surface area contributed by atoms with Crippen molar-refractivity contribution < 1.29 is 23.4 Å². The molecule has 0 aliphatic carbocycles. The minimum absolute atomic E-state index is 0.180. The van der Waals surface area contributed by atoms with E-state index in [2.05, 4.69) is 9.71 Å². The number of nitrogens with one attached hydrogen (secondary N) is 1. The molecule has 9 heteroatoms. The second-order valence-corrected chi connectivity index (χ2v) is 7.15. The number of aromatic carboxylic acids is 1. The van der Waals surface area contributed by atoms with E-state index in [0.717, 1.165) is 9.77 Å². The van der Waals surface area contributed by atoms with Crippen LogP contribution in [-0.2, 0) is 0 Å². The van der Waals surface area contributed by atoms with Crippen LogP contribution in [0.3, 0.4) is 0 Å². The van der Waals surface area contributed by atoms with Gasteiger partial charge in [-0.1, -0.05) is 0 Å². The Balaban J connectivity index is 1.76. The molecule has 5 nitrogen and oxygen atoms in total. The van der Waals surface area contributed by atoms with Crippen LogP contribution < -0.4 is 9.46 Å². The number of carboxylic acids is 1. The van der Waals surface area contributed by atoms with Gasteiger partial charge in [0, 0.05) is 5.56 Å². The number of hydrogen-bond acceptors (Lipinski definition) is 6. The first-order valence-corrected chi connectivity index (χ1v) is 8.87. The average molecular weight is 394 g/mol. The number of carbonyl (C=O) groups is 1. The van der Waals surface area contributed by atoms with Crippen molar-refractivity contribution in [2.45, 2.75) is 4.21 Å². The average Bonchev–Trinajstić information content (AvgIpc) is 3.09. The van der Waals surface area contributed by atoms with Crippen molar-refractivity contribution in [1.29, 1.82) is 0 Å². The molecule has 0 fully saturated rings. The number of anilines is 1.